The van der Waals surface area contributed by atoms with Gasteiger partial charge in [0, 0.05) is 29.6 Å². The maximum absolute atomic E-state index is 11.8. The van der Waals surface area contributed by atoms with Gasteiger partial charge in [0.2, 0.25) is 0 Å². The van der Waals surface area contributed by atoms with Gasteiger partial charge in [0.1, 0.15) is 5.69 Å². The molecule has 1 aromatic rings. The fraction of sp³-hybridized carbons (Fsp3) is 0.438. The number of nitrogens with one attached hydrogen (secondary N) is 1. The van der Waals surface area contributed by atoms with Gasteiger partial charge in [-0.25, -0.2) is 4.79 Å². The standard InChI is InChI=1S/C16H18N6O9S/c17-20-19-10-5-6-11(12(8-10)22(26)27)18-7-3-1-2-4-15(24)31-21-14(23)9-13(16(21)25)32(28,29)30/h5-6,8,13,18H,1-4,7,9H2,(H,28,29,30)/t13-/m1/s1. The third-order valence-corrected chi connectivity index (χ3v) is 5.41. The van der Waals surface area contributed by atoms with Crippen molar-refractivity contribution in [3.05, 3.63) is 38.8 Å². The zero-order chi connectivity index (χ0) is 23.9. The van der Waals surface area contributed by atoms with E-state index in [9.17, 15) is 32.9 Å². The van der Waals surface area contributed by atoms with Crippen LogP contribution in [0.1, 0.15) is 32.1 Å². The highest BCUT2D eigenvalue weighted by atomic mass is 32.2. The van der Waals surface area contributed by atoms with E-state index in [0.717, 1.165) is 6.07 Å². The highest BCUT2D eigenvalue weighted by Crippen LogP contribution is 2.29. The molecule has 1 saturated heterocycles. The molecule has 1 aliphatic rings. The number of nitro groups is 1. The number of imide groups is 1. The van der Waals surface area contributed by atoms with E-state index in [-0.39, 0.29) is 28.5 Å². The van der Waals surface area contributed by atoms with Crippen LogP contribution in [0.15, 0.2) is 23.3 Å². The number of carbonyl (C=O) groups is 3. The molecule has 16 heteroatoms. The van der Waals surface area contributed by atoms with Crippen LogP contribution in [-0.2, 0) is 29.3 Å². The number of benzene rings is 1. The second-order valence-electron chi connectivity index (χ2n) is 6.58. The summed E-state index contributed by atoms with van der Waals surface area (Å²) >= 11 is 0. The van der Waals surface area contributed by atoms with E-state index in [2.05, 4.69) is 20.2 Å². The van der Waals surface area contributed by atoms with Crippen LogP contribution in [0.3, 0.4) is 0 Å². The molecule has 172 valence electrons. The van der Waals surface area contributed by atoms with Crippen molar-refractivity contribution in [2.45, 2.75) is 37.4 Å². The van der Waals surface area contributed by atoms with Crippen LogP contribution < -0.4 is 5.32 Å². The number of amides is 2. The lowest BCUT2D eigenvalue weighted by Gasteiger charge is -2.13. The van der Waals surface area contributed by atoms with E-state index < -0.39 is 44.5 Å². The molecule has 0 unspecified atom stereocenters. The van der Waals surface area contributed by atoms with Crippen molar-refractivity contribution in [2.75, 3.05) is 11.9 Å². The zero-order valence-corrected chi connectivity index (χ0v) is 17.2. The summed E-state index contributed by atoms with van der Waals surface area (Å²) in [5, 5.41) is 15.4. The van der Waals surface area contributed by atoms with Gasteiger partial charge >= 0.3 is 5.97 Å². The highest BCUT2D eigenvalue weighted by Gasteiger charge is 2.48. The van der Waals surface area contributed by atoms with Crippen molar-refractivity contribution in [1.29, 1.82) is 0 Å². The predicted molar refractivity (Wildman–Crippen MR) is 107 cm³/mol. The Morgan fingerprint density at radius 1 is 1.38 bits per heavy atom. The molecule has 2 rings (SSSR count). The molecule has 15 nitrogen and oxygen atoms in total. The van der Waals surface area contributed by atoms with E-state index in [1.54, 1.807) is 0 Å². The third-order valence-electron chi connectivity index (χ3n) is 4.33. The summed E-state index contributed by atoms with van der Waals surface area (Å²) in [4.78, 5) is 52.9. The molecule has 2 N–H and O–H groups in total. The first kappa shape index (κ1) is 24.5. The number of rotatable bonds is 11. The van der Waals surface area contributed by atoms with E-state index in [1.165, 1.54) is 12.1 Å². The van der Waals surface area contributed by atoms with Crippen LogP contribution in [0.5, 0.6) is 0 Å². The Labute approximate surface area is 180 Å². The maximum atomic E-state index is 11.8. The SMILES string of the molecule is [N-]=[N+]=Nc1ccc(NCCCCCC(=O)ON2C(=O)C[C@@H](S(=O)(=O)O)C2=O)c([N+](=O)[O-])c1. The molecule has 1 aromatic carbocycles. The van der Waals surface area contributed by atoms with Crippen molar-refractivity contribution < 1.29 is 37.1 Å². The van der Waals surface area contributed by atoms with Gasteiger partial charge in [0.05, 0.1) is 11.3 Å². The number of hydrogen-bond acceptors (Lipinski definition) is 10. The van der Waals surface area contributed by atoms with Gasteiger partial charge in [0.25, 0.3) is 27.6 Å². The minimum absolute atomic E-state index is 0.0431. The molecule has 0 bridgehead atoms. The molecule has 0 saturated carbocycles. The Hall–Kier alpha value is -3.75. The van der Waals surface area contributed by atoms with Crippen molar-refractivity contribution in [1.82, 2.24) is 5.06 Å². The highest BCUT2D eigenvalue weighted by molar-refractivity contribution is 7.87. The topological polar surface area (TPSA) is 222 Å². The van der Waals surface area contributed by atoms with Gasteiger partial charge in [-0.15, -0.1) is 5.06 Å². The van der Waals surface area contributed by atoms with Crippen LogP contribution in [0, 0.1) is 10.1 Å². The first-order valence-electron chi connectivity index (χ1n) is 9.16. The van der Waals surface area contributed by atoms with Crippen LogP contribution in [-0.4, -0.2) is 52.5 Å². The number of hydroxylamine groups is 2. The Morgan fingerprint density at radius 2 is 2.09 bits per heavy atom. The van der Waals surface area contributed by atoms with Gasteiger partial charge in [-0.2, -0.15) is 8.42 Å². The van der Waals surface area contributed by atoms with Crippen molar-refractivity contribution in [3.8, 4) is 0 Å². The number of carbonyl (C=O) groups excluding carboxylic acids is 3. The lowest BCUT2D eigenvalue weighted by atomic mass is 10.2. The first-order valence-corrected chi connectivity index (χ1v) is 10.7. The molecule has 0 spiro atoms. The lowest BCUT2D eigenvalue weighted by Crippen LogP contribution is -2.36. The summed E-state index contributed by atoms with van der Waals surface area (Å²) in [6, 6.07) is 3.95. The molecule has 0 aromatic heterocycles. The molecule has 1 atom stereocenters. The molecule has 0 radical (unpaired) electrons. The molecule has 32 heavy (non-hydrogen) atoms. The normalized spacial score (nSPS) is 15.9. The first-order chi connectivity index (χ1) is 15.0. The van der Waals surface area contributed by atoms with Gasteiger partial charge < -0.3 is 10.2 Å². The second kappa shape index (κ2) is 10.5. The summed E-state index contributed by atoms with van der Waals surface area (Å²) in [6.07, 6.45) is 0.314. The maximum Gasteiger partial charge on any atom is 0.333 e. The summed E-state index contributed by atoms with van der Waals surface area (Å²) in [7, 11) is -4.79. The molecular formula is C16H18N6O9S. The van der Waals surface area contributed by atoms with E-state index in [0.29, 0.717) is 25.8 Å². The number of nitrogens with zero attached hydrogens (tertiary/aromatic N) is 5. The monoisotopic (exact) mass is 470 g/mol. The minimum Gasteiger partial charge on any atom is -0.379 e. The largest absolute Gasteiger partial charge is 0.379 e. The van der Waals surface area contributed by atoms with Crippen molar-refractivity contribution >= 4 is 45.0 Å². The number of anilines is 1. The van der Waals surface area contributed by atoms with E-state index in [4.69, 9.17) is 10.1 Å². The third kappa shape index (κ3) is 6.37. The van der Waals surface area contributed by atoms with E-state index in [1.807, 2.05) is 0 Å². The summed E-state index contributed by atoms with van der Waals surface area (Å²) in [5.74, 6) is -3.31. The fourth-order valence-electron chi connectivity index (χ4n) is 2.79. The number of hydrogen-bond donors (Lipinski definition) is 2. The average molecular weight is 470 g/mol. The molecular weight excluding hydrogens is 452 g/mol. The predicted octanol–water partition coefficient (Wildman–Crippen LogP) is 1.98. The number of unbranched alkanes of at least 4 members (excludes halogenated alkanes) is 2. The Bertz CT molecular complexity index is 1080. The van der Waals surface area contributed by atoms with Gasteiger partial charge in [-0.3, -0.25) is 24.3 Å². The number of nitro benzene ring substituents is 1. The fourth-order valence-corrected chi connectivity index (χ4v) is 3.49. The Morgan fingerprint density at radius 3 is 2.69 bits per heavy atom. The number of azide groups is 1. The summed E-state index contributed by atoms with van der Waals surface area (Å²) in [6.45, 7) is 0.329. The van der Waals surface area contributed by atoms with Crippen molar-refractivity contribution in [2.24, 2.45) is 5.11 Å². The second-order valence-corrected chi connectivity index (χ2v) is 8.18. The Balaban J connectivity index is 1.75. The lowest BCUT2D eigenvalue weighted by molar-refractivity contribution is -0.383. The smallest absolute Gasteiger partial charge is 0.333 e. The molecule has 1 aliphatic heterocycles. The zero-order valence-electron chi connectivity index (χ0n) is 16.4. The summed E-state index contributed by atoms with van der Waals surface area (Å²) < 4.78 is 31.0. The molecule has 1 fully saturated rings. The van der Waals surface area contributed by atoms with Crippen LogP contribution in [0.4, 0.5) is 17.1 Å². The van der Waals surface area contributed by atoms with E-state index >= 15 is 0 Å². The molecule has 1 heterocycles. The molecule has 0 aliphatic carbocycles. The quantitative estimate of drug-likeness (QED) is 0.0699. The minimum atomic E-state index is -4.79. The van der Waals surface area contributed by atoms with Gasteiger partial charge in [0.15, 0.2) is 5.25 Å². The molecule has 2 amide bonds. The van der Waals surface area contributed by atoms with Crippen LogP contribution in [0.25, 0.3) is 10.4 Å². The summed E-state index contributed by atoms with van der Waals surface area (Å²) in [5.41, 5.74) is 8.46. The van der Waals surface area contributed by atoms with Gasteiger partial charge in [-0.1, -0.05) is 17.6 Å². The Kier molecular flexibility index (Phi) is 8.06. The van der Waals surface area contributed by atoms with Crippen molar-refractivity contribution in [3.63, 3.8) is 0 Å². The van der Waals surface area contributed by atoms with Crippen LogP contribution >= 0.6 is 0 Å². The average Bonchev–Trinajstić information content (AvgIpc) is 3.00. The van der Waals surface area contributed by atoms with Gasteiger partial charge in [-0.05, 0) is 24.4 Å². The van der Waals surface area contributed by atoms with Crippen LogP contribution in [0.2, 0.25) is 0 Å².